The molecule has 0 radical (unpaired) electrons. The Morgan fingerprint density at radius 2 is 1.91 bits per heavy atom. The lowest BCUT2D eigenvalue weighted by Gasteiger charge is -2.28. The normalized spacial score (nSPS) is 38.5. The summed E-state index contributed by atoms with van der Waals surface area (Å²) in [6.07, 6.45) is 10.5. The second-order valence-electron chi connectivity index (χ2n) is 10.0. The van der Waals surface area contributed by atoms with Gasteiger partial charge in [0.05, 0.1) is 37.6 Å². The molecule has 8 nitrogen and oxygen atoms in total. The number of esters is 1. The van der Waals surface area contributed by atoms with E-state index in [1.165, 1.54) is 12.2 Å². The van der Waals surface area contributed by atoms with Gasteiger partial charge in [-0.05, 0) is 44.1 Å². The van der Waals surface area contributed by atoms with Crippen molar-refractivity contribution >= 4 is 5.97 Å². The lowest BCUT2D eigenvalue weighted by atomic mass is 9.91. The molecule has 0 unspecified atom stereocenters. The molecule has 0 saturated carbocycles. The number of hydrogen-bond acceptors (Lipinski definition) is 8. The van der Waals surface area contributed by atoms with E-state index in [0.29, 0.717) is 32.0 Å². The van der Waals surface area contributed by atoms with E-state index >= 15 is 0 Å². The van der Waals surface area contributed by atoms with E-state index in [4.69, 9.17) is 23.7 Å². The van der Waals surface area contributed by atoms with Crippen molar-refractivity contribution in [3.63, 3.8) is 0 Å². The number of fused-ring (bicyclic) bond motifs is 3. The highest BCUT2D eigenvalue weighted by atomic mass is 16.7. The van der Waals surface area contributed by atoms with Gasteiger partial charge in [-0.25, -0.2) is 4.79 Å². The molecule has 0 aliphatic carbocycles. The largest absolute Gasteiger partial charge is 0.456 e. The quantitative estimate of drug-likeness (QED) is 0.353. The van der Waals surface area contributed by atoms with E-state index in [0.717, 1.165) is 24.8 Å². The Bertz CT molecular complexity index is 814. The monoisotopic (exact) mass is 490 g/mol. The number of epoxide rings is 1. The molecule has 2 fully saturated rings. The first-order valence-corrected chi connectivity index (χ1v) is 12.7. The number of hydrogen-bond donors (Lipinski definition) is 2. The van der Waals surface area contributed by atoms with Crippen LogP contribution in [0.4, 0.5) is 0 Å². The van der Waals surface area contributed by atoms with E-state index in [1.807, 2.05) is 6.08 Å². The molecule has 35 heavy (non-hydrogen) atoms. The Morgan fingerprint density at radius 3 is 2.71 bits per heavy atom. The molecule has 2 saturated heterocycles. The first kappa shape index (κ1) is 26.3. The first-order chi connectivity index (χ1) is 16.9. The molecule has 4 aliphatic rings. The lowest BCUT2D eigenvalue weighted by molar-refractivity contribution is -0.148. The number of ether oxygens (including phenoxy) is 5. The number of cyclic esters (lactones) is 1. The van der Waals surface area contributed by atoms with Gasteiger partial charge in [0.2, 0.25) is 0 Å². The second kappa shape index (κ2) is 12.4. The van der Waals surface area contributed by atoms with Crippen LogP contribution in [-0.4, -0.2) is 78.4 Å². The summed E-state index contributed by atoms with van der Waals surface area (Å²) in [7, 11) is 0. The van der Waals surface area contributed by atoms with E-state index in [-0.39, 0.29) is 30.8 Å². The number of aliphatic hydroxyl groups excluding tert-OH is 2. The Morgan fingerprint density at radius 1 is 1.11 bits per heavy atom. The highest BCUT2D eigenvalue weighted by Gasteiger charge is 2.46. The lowest BCUT2D eigenvalue weighted by Crippen LogP contribution is -2.32. The smallest absolute Gasteiger partial charge is 0.330 e. The molecular weight excluding hydrogens is 452 g/mol. The highest BCUT2D eigenvalue weighted by molar-refractivity contribution is 5.82. The fraction of sp³-hybridized carbons (Fsp3) is 0.667. The van der Waals surface area contributed by atoms with Gasteiger partial charge in [0, 0.05) is 12.5 Å². The summed E-state index contributed by atoms with van der Waals surface area (Å²) in [5.74, 6) is -0.167. The van der Waals surface area contributed by atoms with Crippen molar-refractivity contribution in [3.8, 4) is 0 Å². The summed E-state index contributed by atoms with van der Waals surface area (Å²) >= 11 is 0. The number of carbonyl (C=O) groups is 1. The van der Waals surface area contributed by atoms with Gasteiger partial charge in [-0.3, -0.25) is 0 Å². The van der Waals surface area contributed by atoms with Crippen LogP contribution in [0.25, 0.3) is 0 Å². The average molecular weight is 491 g/mol. The van der Waals surface area contributed by atoms with Crippen molar-refractivity contribution in [2.24, 2.45) is 5.92 Å². The van der Waals surface area contributed by atoms with Crippen LogP contribution in [0.5, 0.6) is 0 Å². The van der Waals surface area contributed by atoms with Gasteiger partial charge in [-0.15, -0.1) is 0 Å². The number of rotatable bonds is 3. The van der Waals surface area contributed by atoms with E-state index < -0.39 is 30.6 Å². The maximum Gasteiger partial charge on any atom is 0.330 e. The van der Waals surface area contributed by atoms with Crippen molar-refractivity contribution < 1.29 is 38.7 Å². The SMILES string of the molecule is C=C1C[C@H](C)C[C@@H]2CC=C[C@@H](CC=CC(=O)O[C@H]([C@@H](O)C=CC3OCCO3)C[C@@H]3O[C@H]3[C@@H](O)C1)O2. The zero-order valence-corrected chi connectivity index (χ0v) is 20.4. The van der Waals surface area contributed by atoms with Crippen molar-refractivity contribution in [2.75, 3.05) is 13.2 Å². The zero-order chi connectivity index (χ0) is 24.8. The molecule has 4 heterocycles. The molecule has 2 N–H and O–H groups in total. The van der Waals surface area contributed by atoms with Crippen molar-refractivity contribution in [2.45, 2.75) is 94.5 Å². The summed E-state index contributed by atoms with van der Waals surface area (Å²) in [5.41, 5.74) is 0.980. The van der Waals surface area contributed by atoms with Crippen LogP contribution in [0, 0.1) is 5.92 Å². The Balaban J connectivity index is 1.44. The fourth-order valence-electron chi connectivity index (χ4n) is 5.01. The molecular formula is C27H38O8. The summed E-state index contributed by atoms with van der Waals surface area (Å²) in [5, 5.41) is 21.4. The zero-order valence-electron chi connectivity index (χ0n) is 20.4. The van der Waals surface area contributed by atoms with Gasteiger partial charge in [0.15, 0.2) is 6.29 Å². The number of carbonyl (C=O) groups excluding carboxylic acids is 1. The molecule has 4 rings (SSSR count). The van der Waals surface area contributed by atoms with E-state index in [1.54, 1.807) is 12.2 Å². The third kappa shape index (κ3) is 8.10. The average Bonchev–Trinajstić information content (AvgIpc) is 3.38. The van der Waals surface area contributed by atoms with E-state index in [9.17, 15) is 15.0 Å². The maximum absolute atomic E-state index is 12.5. The van der Waals surface area contributed by atoms with Gasteiger partial charge in [0.1, 0.15) is 18.3 Å². The van der Waals surface area contributed by atoms with E-state index in [2.05, 4.69) is 19.6 Å². The molecule has 8 heteroatoms. The second-order valence-corrected chi connectivity index (χ2v) is 10.0. The minimum atomic E-state index is -1.08. The topological polar surface area (TPSA) is 107 Å². The highest BCUT2D eigenvalue weighted by Crippen LogP contribution is 2.34. The molecule has 0 spiro atoms. The molecule has 0 aromatic rings. The summed E-state index contributed by atoms with van der Waals surface area (Å²) < 4.78 is 28.2. The Kier molecular flexibility index (Phi) is 9.33. The van der Waals surface area contributed by atoms with Crippen LogP contribution >= 0.6 is 0 Å². The summed E-state index contributed by atoms with van der Waals surface area (Å²) in [4.78, 5) is 12.5. The van der Waals surface area contributed by atoms with Gasteiger partial charge >= 0.3 is 5.97 Å². The van der Waals surface area contributed by atoms with Crippen LogP contribution in [0.15, 0.2) is 48.6 Å². The first-order valence-electron chi connectivity index (χ1n) is 12.7. The predicted molar refractivity (Wildman–Crippen MR) is 128 cm³/mol. The molecule has 4 aliphatic heterocycles. The predicted octanol–water partition coefficient (Wildman–Crippen LogP) is 2.74. The molecule has 0 amide bonds. The Labute approximate surface area is 207 Å². The molecule has 194 valence electrons. The molecule has 0 aromatic carbocycles. The number of aliphatic hydroxyl groups is 2. The van der Waals surface area contributed by atoms with Crippen molar-refractivity contribution in [1.82, 2.24) is 0 Å². The minimum Gasteiger partial charge on any atom is -0.456 e. The van der Waals surface area contributed by atoms with Crippen LogP contribution in [0.2, 0.25) is 0 Å². The van der Waals surface area contributed by atoms with Crippen molar-refractivity contribution in [3.05, 3.63) is 48.6 Å². The van der Waals surface area contributed by atoms with Gasteiger partial charge < -0.3 is 33.9 Å². The molecule has 0 aromatic heterocycles. The van der Waals surface area contributed by atoms with Crippen LogP contribution in [0.1, 0.15) is 45.4 Å². The van der Waals surface area contributed by atoms with Crippen LogP contribution in [0.3, 0.4) is 0 Å². The summed E-state index contributed by atoms with van der Waals surface area (Å²) in [6.45, 7) is 7.34. The molecule has 8 atom stereocenters. The fourth-order valence-corrected chi connectivity index (χ4v) is 5.01. The third-order valence-electron chi connectivity index (χ3n) is 6.77. The van der Waals surface area contributed by atoms with Gasteiger partial charge in [-0.1, -0.05) is 43.4 Å². The van der Waals surface area contributed by atoms with Gasteiger partial charge in [-0.2, -0.15) is 0 Å². The van der Waals surface area contributed by atoms with Crippen molar-refractivity contribution in [1.29, 1.82) is 0 Å². The van der Waals surface area contributed by atoms with Crippen LogP contribution < -0.4 is 0 Å². The standard InChI is InChI=1S/C27H38O8/c1-17-13-18(2)15-22(29)27-24(35-27)16-23(21(28)9-10-26-31-11-12-32-26)34-25(30)8-4-6-19-5-3-7-20(14-17)33-19/h3-5,8-10,17,19-24,26-29H,2,6-7,11-16H2,1H3/t17-,19-,20-,21-,22-,23-,24-,27-/m0/s1. The summed E-state index contributed by atoms with van der Waals surface area (Å²) in [6, 6.07) is 0. The van der Waals surface area contributed by atoms with Crippen LogP contribution in [-0.2, 0) is 28.5 Å². The Hall–Kier alpha value is -1.81. The van der Waals surface area contributed by atoms with Gasteiger partial charge in [0.25, 0.3) is 0 Å². The molecule has 2 bridgehead atoms. The minimum absolute atomic E-state index is 0.0924. The maximum atomic E-state index is 12.5. The third-order valence-corrected chi connectivity index (χ3v) is 6.77.